The van der Waals surface area contributed by atoms with Crippen LogP contribution in [-0.2, 0) is 27.7 Å². The molecule has 2 N–H and O–H groups in total. The van der Waals surface area contributed by atoms with Crippen LogP contribution in [-0.4, -0.2) is 20.4 Å². The second-order valence-electron chi connectivity index (χ2n) is 8.59. The van der Waals surface area contributed by atoms with Crippen LogP contribution in [0.15, 0.2) is 89.8 Å². The van der Waals surface area contributed by atoms with Crippen molar-refractivity contribution < 1.29 is 13.2 Å². The van der Waals surface area contributed by atoms with Gasteiger partial charge in [-0.05, 0) is 60.9 Å². The zero-order valence-corrected chi connectivity index (χ0v) is 19.4. The van der Waals surface area contributed by atoms with Crippen molar-refractivity contribution >= 4 is 15.9 Å². The van der Waals surface area contributed by atoms with E-state index in [4.69, 9.17) is 0 Å². The summed E-state index contributed by atoms with van der Waals surface area (Å²) in [6.45, 7) is 0. The first-order valence-electron chi connectivity index (χ1n) is 11.5. The van der Waals surface area contributed by atoms with E-state index in [-0.39, 0.29) is 22.9 Å². The van der Waals surface area contributed by atoms with E-state index in [1.54, 1.807) is 24.3 Å². The van der Waals surface area contributed by atoms with E-state index in [1.807, 2.05) is 48.5 Å². The first kappa shape index (κ1) is 23.2. The monoisotopic (exact) mass is 462 g/mol. The summed E-state index contributed by atoms with van der Waals surface area (Å²) in [5.74, 6) is -0.0102. The second kappa shape index (κ2) is 10.8. The molecule has 1 aliphatic rings. The molecule has 0 saturated heterocycles. The molecule has 4 rings (SSSR count). The highest BCUT2D eigenvalue weighted by Crippen LogP contribution is 2.23. The molecule has 1 amide bonds. The molecule has 0 aliphatic heterocycles. The van der Waals surface area contributed by atoms with Crippen molar-refractivity contribution in [2.45, 2.75) is 55.5 Å². The van der Waals surface area contributed by atoms with Gasteiger partial charge in [0.25, 0.3) is 0 Å². The third-order valence-electron chi connectivity index (χ3n) is 5.88. The SMILES string of the molecule is O=C(CCc1ccc(S(=O)(=O)NC2CC2)cc1)NC(CCc1ccccc1)c1ccccc1. The Kier molecular flexibility index (Phi) is 7.57. The van der Waals surface area contributed by atoms with Crippen LogP contribution in [0, 0.1) is 0 Å². The molecule has 1 aliphatic carbocycles. The van der Waals surface area contributed by atoms with Gasteiger partial charge in [0.15, 0.2) is 0 Å². The Labute approximate surface area is 196 Å². The number of rotatable bonds is 11. The summed E-state index contributed by atoms with van der Waals surface area (Å²) < 4.78 is 27.3. The number of nitrogens with one attached hydrogen (secondary N) is 2. The van der Waals surface area contributed by atoms with Gasteiger partial charge in [-0.15, -0.1) is 0 Å². The van der Waals surface area contributed by atoms with E-state index in [2.05, 4.69) is 22.2 Å². The Hall–Kier alpha value is -2.96. The summed E-state index contributed by atoms with van der Waals surface area (Å²) in [6.07, 6.45) is 4.42. The number of carbonyl (C=O) groups excluding carboxylic acids is 1. The number of aryl methyl sites for hydroxylation is 2. The third kappa shape index (κ3) is 7.01. The van der Waals surface area contributed by atoms with Crippen LogP contribution in [0.3, 0.4) is 0 Å². The Bertz CT molecular complexity index is 1140. The summed E-state index contributed by atoms with van der Waals surface area (Å²) in [5, 5.41) is 3.19. The lowest BCUT2D eigenvalue weighted by molar-refractivity contribution is -0.121. The maximum absolute atomic E-state index is 12.7. The Morgan fingerprint density at radius 1 is 0.818 bits per heavy atom. The van der Waals surface area contributed by atoms with Crippen molar-refractivity contribution in [3.63, 3.8) is 0 Å². The van der Waals surface area contributed by atoms with Crippen molar-refractivity contribution in [2.75, 3.05) is 0 Å². The number of carbonyl (C=O) groups is 1. The molecule has 3 aromatic rings. The summed E-state index contributed by atoms with van der Waals surface area (Å²) in [6, 6.07) is 27.2. The molecule has 3 aromatic carbocycles. The molecule has 0 aromatic heterocycles. The molecule has 0 spiro atoms. The summed E-state index contributed by atoms with van der Waals surface area (Å²) in [4.78, 5) is 13.0. The number of amides is 1. The highest BCUT2D eigenvalue weighted by atomic mass is 32.2. The van der Waals surface area contributed by atoms with Gasteiger partial charge in [-0.3, -0.25) is 4.79 Å². The molecule has 1 atom stereocenters. The highest BCUT2D eigenvalue weighted by Gasteiger charge is 2.27. The van der Waals surface area contributed by atoms with Crippen molar-refractivity contribution in [1.82, 2.24) is 10.0 Å². The van der Waals surface area contributed by atoms with Crippen molar-refractivity contribution in [3.05, 3.63) is 102 Å². The van der Waals surface area contributed by atoms with Gasteiger partial charge in [-0.1, -0.05) is 72.8 Å². The van der Waals surface area contributed by atoms with E-state index < -0.39 is 10.0 Å². The van der Waals surface area contributed by atoms with Crippen LogP contribution in [0.4, 0.5) is 0 Å². The Morgan fingerprint density at radius 3 is 2.06 bits per heavy atom. The predicted molar refractivity (Wildman–Crippen MR) is 130 cm³/mol. The maximum Gasteiger partial charge on any atom is 0.240 e. The smallest absolute Gasteiger partial charge is 0.240 e. The first-order valence-corrected chi connectivity index (χ1v) is 13.0. The standard InChI is InChI=1S/C27H30N2O3S/c30-27(20-14-22-11-17-25(18-12-22)33(31,32)29-24-15-16-24)28-26(23-9-5-2-6-10-23)19-13-21-7-3-1-4-8-21/h1-12,17-18,24,26,29H,13-16,19-20H2,(H,28,30). The fourth-order valence-corrected chi connectivity index (χ4v) is 5.12. The molecule has 0 bridgehead atoms. The minimum atomic E-state index is -3.45. The van der Waals surface area contributed by atoms with E-state index in [0.29, 0.717) is 12.8 Å². The lowest BCUT2D eigenvalue weighted by atomic mass is 9.98. The summed E-state index contributed by atoms with van der Waals surface area (Å²) in [7, 11) is -3.45. The van der Waals surface area contributed by atoms with Gasteiger partial charge in [0.1, 0.15) is 0 Å². The van der Waals surface area contributed by atoms with Crippen molar-refractivity contribution in [1.29, 1.82) is 0 Å². The molecular formula is C27H30N2O3S. The first-order chi connectivity index (χ1) is 16.0. The molecule has 1 fully saturated rings. The van der Waals surface area contributed by atoms with Crippen molar-refractivity contribution in [2.24, 2.45) is 0 Å². The van der Waals surface area contributed by atoms with Gasteiger partial charge in [0, 0.05) is 12.5 Å². The van der Waals surface area contributed by atoms with Crippen LogP contribution in [0.1, 0.15) is 48.4 Å². The average molecular weight is 463 g/mol. The minimum absolute atomic E-state index is 0.0102. The predicted octanol–water partition coefficient (Wildman–Crippen LogP) is 4.55. The molecule has 1 saturated carbocycles. The van der Waals surface area contributed by atoms with Crippen LogP contribution in [0.25, 0.3) is 0 Å². The number of benzene rings is 3. The molecule has 0 heterocycles. The van der Waals surface area contributed by atoms with E-state index in [9.17, 15) is 13.2 Å². The highest BCUT2D eigenvalue weighted by molar-refractivity contribution is 7.89. The van der Waals surface area contributed by atoms with E-state index >= 15 is 0 Å². The molecule has 33 heavy (non-hydrogen) atoms. The third-order valence-corrected chi connectivity index (χ3v) is 7.41. The zero-order valence-electron chi connectivity index (χ0n) is 18.6. The average Bonchev–Trinajstić information content (AvgIpc) is 3.65. The number of hydrogen-bond acceptors (Lipinski definition) is 3. The lowest BCUT2D eigenvalue weighted by Gasteiger charge is -2.19. The normalized spacial score (nSPS) is 14.5. The van der Waals surface area contributed by atoms with Crippen LogP contribution in [0.5, 0.6) is 0 Å². The van der Waals surface area contributed by atoms with Crippen LogP contribution >= 0.6 is 0 Å². The molecular weight excluding hydrogens is 432 g/mol. The van der Waals surface area contributed by atoms with Gasteiger partial charge in [-0.25, -0.2) is 13.1 Å². The largest absolute Gasteiger partial charge is 0.349 e. The maximum atomic E-state index is 12.7. The molecule has 5 nitrogen and oxygen atoms in total. The van der Waals surface area contributed by atoms with Gasteiger partial charge >= 0.3 is 0 Å². The number of hydrogen-bond donors (Lipinski definition) is 2. The van der Waals surface area contributed by atoms with Gasteiger partial charge in [0.2, 0.25) is 15.9 Å². The minimum Gasteiger partial charge on any atom is -0.349 e. The quantitative estimate of drug-likeness (QED) is 0.439. The fourth-order valence-electron chi connectivity index (χ4n) is 3.81. The van der Waals surface area contributed by atoms with E-state index in [1.165, 1.54) is 5.56 Å². The molecule has 6 heteroatoms. The Balaban J connectivity index is 1.33. The van der Waals surface area contributed by atoms with Gasteiger partial charge < -0.3 is 5.32 Å². The molecule has 172 valence electrons. The van der Waals surface area contributed by atoms with Gasteiger partial charge in [0.05, 0.1) is 10.9 Å². The van der Waals surface area contributed by atoms with E-state index in [0.717, 1.165) is 36.8 Å². The zero-order chi connectivity index (χ0) is 23.1. The van der Waals surface area contributed by atoms with Gasteiger partial charge in [-0.2, -0.15) is 0 Å². The Morgan fingerprint density at radius 2 is 1.42 bits per heavy atom. The summed E-state index contributed by atoms with van der Waals surface area (Å²) in [5.41, 5.74) is 3.29. The van der Waals surface area contributed by atoms with Crippen molar-refractivity contribution in [3.8, 4) is 0 Å². The topological polar surface area (TPSA) is 75.3 Å². The van der Waals surface area contributed by atoms with Crippen LogP contribution in [0.2, 0.25) is 0 Å². The molecule has 0 radical (unpaired) electrons. The lowest BCUT2D eigenvalue weighted by Crippen LogP contribution is -2.29. The fraction of sp³-hybridized carbons (Fsp3) is 0.296. The number of sulfonamides is 1. The molecule has 1 unspecified atom stereocenters. The second-order valence-corrected chi connectivity index (χ2v) is 10.3. The van der Waals surface area contributed by atoms with Crippen LogP contribution < -0.4 is 10.0 Å². The summed E-state index contributed by atoms with van der Waals surface area (Å²) >= 11 is 0.